The summed E-state index contributed by atoms with van der Waals surface area (Å²) in [4.78, 5) is 40.2. The molecule has 1 unspecified atom stereocenters. The van der Waals surface area contributed by atoms with Gasteiger partial charge >= 0.3 is 12.1 Å². The summed E-state index contributed by atoms with van der Waals surface area (Å²) in [5.74, 6) is -0.342. The highest BCUT2D eigenvalue weighted by Crippen LogP contribution is 2.25. The predicted octanol–water partition coefficient (Wildman–Crippen LogP) is 2.14. The van der Waals surface area contributed by atoms with Crippen molar-refractivity contribution >= 4 is 23.7 Å². The molecule has 0 aliphatic carbocycles. The van der Waals surface area contributed by atoms with E-state index in [1.54, 1.807) is 29.2 Å². The number of rotatable bonds is 7. The monoisotopic (exact) mass is 475 g/mol. The van der Waals surface area contributed by atoms with Gasteiger partial charge < -0.3 is 34.4 Å². The van der Waals surface area contributed by atoms with Crippen LogP contribution in [0.15, 0.2) is 35.5 Å². The van der Waals surface area contributed by atoms with Crippen molar-refractivity contribution in [2.45, 2.75) is 45.3 Å². The van der Waals surface area contributed by atoms with Gasteiger partial charge in [0, 0.05) is 18.8 Å². The number of hydrogen-bond donors (Lipinski definition) is 2. The van der Waals surface area contributed by atoms with E-state index in [4.69, 9.17) is 14.2 Å². The number of hydrogen-bond acceptors (Lipinski definition) is 8. The molecule has 0 aromatic heterocycles. The molecule has 2 aliphatic rings. The molecule has 10 heteroatoms. The Morgan fingerprint density at radius 1 is 1.21 bits per heavy atom. The number of nitrogens with one attached hydrogen (secondary N) is 1. The number of methoxy groups -OCH3 is 1. The Hall–Kier alpha value is -3.27. The first-order chi connectivity index (χ1) is 16.1. The van der Waals surface area contributed by atoms with E-state index >= 15 is 0 Å². The first kappa shape index (κ1) is 25.4. The van der Waals surface area contributed by atoms with Gasteiger partial charge in [0.25, 0.3) is 5.91 Å². The molecule has 0 saturated carbocycles. The Bertz CT molecular complexity index is 937. The fourth-order valence-corrected chi connectivity index (χ4v) is 3.83. The van der Waals surface area contributed by atoms with Gasteiger partial charge in [-0.05, 0) is 57.9 Å². The van der Waals surface area contributed by atoms with Crippen LogP contribution in [0.25, 0.3) is 0 Å². The topological polar surface area (TPSA) is 118 Å². The van der Waals surface area contributed by atoms with Crippen molar-refractivity contribution in [3.8, 4) is 5.75 Å². The Morgan fingerprint density at radius 2 is 1.91 bits per heavy atom. The molecule has 3 rings (SSSR count). The highest BCUT2D eigenvalue weighted by Gasteiger charge is 2.34. The average molecular weight is 476 g/mol. The number of aliphatic hydroxyl groups is 1. The summed E-state index contributed by atoms with van der Waals surface area (Å²) in [5.41, 5.74) is 0.397. The minimum absolute atomic E-state index is 0.0748. The molecule has 1 aromatic carbocycles. The quantitative estimate of drug-likeness (QED) is 0.576. The van der Waals surface area contributed by atoms with Gasteiger partial charge in [0.05, 0.1) is 32.4 Å². The summed E-state index contributed by atoms with van der Waals surface area (Å²) in [6.07, 6.45) is 1.15. The third-order valence-corrected chi connectivity index (χ3v) is 5.41. The summed E-state index contributed by atoms with van der Waals surface area (Å²) in [5, 5.41) is 12.2. The Morgan fingerprint density at radius 3 is 2.53 bits per heavy atom. The number of amides is 2. The van der Waals surface area contributed by atoms with Gasteiger partial charge in [0.15, 0.2) is 0 Å². The first-order valence-electron chi connectivity index (χ1n) is 11.3. The number of benzene rings is 1. The van der Waals surface area contributed by atoms with Crippen LogP contribution in [-0.4, -0.2) is 84.5 Å². The lowest BCUT2D eigenvalue weighted by Crippen LogP contribution is -2.46. The molecule has 1 aromatic rings. The number of nitrogens with zero attached hydrogens (tertiary/aromatic N) is 2. The van der Waals surface area contributed by atoms with Crippen molar-refractivity contribution in [1.29, 1.82) is 0 Å². The zero-order chi connectivity index (χ0) is 24.9. The number of carbonyl (C=O) groups excluding carboxylic acids is 3. The molecule has 1 atom stereocenters. The molecule has 34 heavy (non-hydrogen) atoms. The van der Waals surface area contributed by atoms with E-state index in [1.165, 1.54) is 12.0 Å². The third-order valence-electron chi connectivity index (χ3n) is 5.41. The van der Waals surface area contributed by atoms with Crippen LogP contribution in [0, 0.1) is 0 Å². The Labute approximate surface area is 199 Å². The Kier molecular flexibility index (Phi) is 8.03. The van der Waals surface area contributed by atoms with Crippen LogP contribution in [0.5, 0.6) is 5.75 Å². The molecular weight excluding hydrogens is 442 g/mol. The van der Waals surface area contributed by atoms with Crippen LogP contribution in [0.2, 0.25) is 0 Å². The molecule has 0 spiro atoms. The molecule has 2 aliphatic heterocycles. The summed E-state index contributed by atoms with van der Waals surface area (Å²) in [7, 11) is 1.26. The van der Waals surface area contributed by atoms with Gasteiger partial charge in [0.2, 0.25) is 0 Å². The van der Waals surface area contributed by atoms with E-state index in [0.29, 0.717) is 24.5 Å². The van der Waals surface area contributed by atoms with Gasteiger partial charge in [-0.2, -0.15) is 0 Å². The molecule has 186 valence electrons. The largest absolute Gasteiger partial charge is 0.489 e. The van der Waals surface area contributed by atoms with Crippen molar-refractivity contribution in [3.05, 3.63) is 35.5 Å². The van der Waals surface area contributed by atoms with E-state index in [-0.39, 0.29) is 49.1 Å². The maximum atomic E-state index is 12.7. The van der Waals surface area contributed by atoms with Crippen molar-refractivity contribution < 1.29 is 33.7 Å². The number of esters is 1. The van der Waals surface area contributed by atoms with Crippen LogP contribution in [0.3, 0.4) is 0 Å². The maximum absolute atomic E-state index is 12.7. The molecular formula is C24H33N3O7. The number of piperidine rings is 1. The van der Waals surface area contributed by atoms with Gasteiger partial charge in [-0.25, -0.2) is 9.59 Å². The lowest BCUT2D eigenvalue weighted by Gasteiger charge is -2.34. The van der Waals surface area contributed by atoms with Crippen molar-refractivity contribution in [2.75, 3.05) is 45.2 Å². The number of likely N-dealkylation sites (tertiary alicyclic amines) is 1. The lowest BCUT2D eigenvalue weighted by atomic mass is 10.1. The molecule has 1 fully saturated rings. The fourth-order valence-electron chi connectivity index (χ4n) is 3.83. The van der Waals surface area contributed by atoms with Crippen molar-refractivity contribution in [3.63, 3.8) is 0 Å². The Balaban J connectivity index is 1.63. The average Bonchev–Trinajstić information content (AvgIpc) is 3.09. The second-order valence-corrected chi connectivity index (χ2v) is 9.25. The molecule has 10 nitrogen and oxygen atoms in total. The number of aliphatic hydroxyl groups excluding tert-OH is 1. The van der Waals surface area contributed by atoms with Gasteiger partial charge in [-0.3, -0.25) is 4.79 Å². The third kappa shape index (κ3) is 6.40. The van der Waals surface area contributed by atoms with E-state index in [1.807, 2.05) is 20.8 Å². The number of anilines is 1. The van der Waals surface area contributed by atoms with E-state index < -0.39 is 11.6 Å². The molecule has 1 saturated heterocycles. The second kappa shape index (κ2) is 10.8. The normalized spacial score (nSPS) is 18.7. The van der Waals surface area contributed by atoms with Crippen LogP contribution in [-0.2, 0) is 19.1 Å². The standard InChI is InChI=1S/C24H33N3O7/c1-24(2,3)34-23(31)27-11-5-6-18(14-27)33-17-9-7-16(8-10-17)25-20-19(22(30)32-4)15-26(12-13-28)21(20)29/h7-10,18,25,28H,5-6,11-15H2,1-4H3. The minimum atomic E-state index is -0.594. The zero-order valence-corrected chi connectivity index (χ0v) is 20.1. The minimum Gasteiger partial charge on any atom is -0.489 e. The number of ether oxygens (including phenoxy) is 3. The highest BCUT2D eigenvalue weighted by molar-refractivity contribution is 6.08. The molecule has 0 bridgehead atoms. The summed E-state index contributed by atoms with van der Waals surface area (Å²) >= 11 is 0. The van der Waals surface area contributed by atoms with Crippen molar-refractivity contribution in [2.24, 2.45) is 0 Å². The smallest absolute Gasteiger partial charge is 0.410 e. The maximum Gasteiger partial charge on any atom is 0.410 e. The zero-order valence-electron chi connectivity index (χ0n) is 20.1. The first-order valence-corrected chi connectivity index (χ1v) is 11.3. The summed E-state index contributed by atoms with van der Waals surface area (Å²) < 4.78 is 16.3. The van der Waals surface area contributed by atoms with Crippen LogP contribution in [0.1, 0.15) is 33.6 Å². The van der Waals surface area contributed by atoms with Gasteiger partial charge in [-0.15, -0.1) is 0 Å². The molecule has 2 heterocycles. The van der Waals surface area contributed by atoms with E-state index in [0.717, 1.165) is 12.8 Å². The van der Waals surface area contributed by atoms with Crippen LogP contribution in [0.4, 0.5) is 10.5 Å². The second-order valence-electron chi connectivity index (χ2n) is 9.25. The van der Waals surface area contributed by atoms with E-state index in [9.17, 15) is 19.5 Å². The number of carbonyl (C=O) groups is 3. The predicted molar refractivity (Wildman–Crippen MR) is 124 cm³/mol. The van der Waals surface area contributed by atoms with Crippen LogP contribution >= 0.6 is 0 Å². The van der Waals surface area contributed by atoms with Gasteiger partial charge in [-0.1, -0.05) is 0 Å². The molecule has 2 N–H and O–H groups in total. The molecule has 2 amide bonds. The van der Waals surface area contributed by atoms with Crippen molar-refractivity contribution in [1.82, 2.24) is 9.80 Å². The SMILES string of the molecule is COC(=O)C1=C(Nc2ccc(OC3CCCN(C(=O)OC(C)(C)C)C3)cc2)C(=O)N(CCO)C1. The van der Waals surface area contributed by atoms with Gasteiger partial charge in [0.1, 0.15) is 23.2 Å². The lowest BCUT2D eigenvalue weighted by molar-refractivity contribution is -0.136. The fraction of sp³-hybridized carbons (Fsp3) is 0.542. The summed E-state index contributed by atoms with van der Waals surface area (Å²) in [6.45, 7) is 6.59. The van der Waals surface area contributed by atoms with E-state index in [2.05, 4.69) is 5.32 Å². The number of β-amino-alcohol motifs (C(OH)–C–C–N with tert-alkyl or cyclic N) is 1. The summed E-state index contributed by atoms with van der Waals surface area (Å²) in [6, 6.07) is 7.01. The van der Waals surface area contributed by atoms with Crippen LogP contribution < -0.4 is 10.1 Å². The molecule has 0 radical (unpaired) electrons. The highest BCUT2D eigenvalue weighted by atomic mass is 16.6.